The highest BCUT2D eigenvalue weighted by molar-refractivity contribution is 7.22. The normalized spacial score (nSPS) is 19.0. The van der Waals surface area contributed by atoms with E-state index >= 15 is 0 Å². The molecule has 1 N–H and O–H groups in total. The van der Waals surface area contributed by atoms with Crippen LogP contribution in [0.3, 0.4) is 0 Å². The molecule has 0 atom stereocenters. The first-order valence-electron chi connectivity index (χ1n) is 9.94. The van der Waals surface area contributed by atoms with E-state index < -0.39 is 0 Å². The van der Waals surface area contributed by atoms with E-state index in [9.17, 15) is 4.79 Å². The fourth-order valence-electron chi connectivity index (χ4n) is 4.01. The average molecular weight is 389 g/mol. The Morgan fingerprint density at radius 1 is 1.26 bits per heavy atom. The highest BCUT2D eigenvalue weighted by Gasteiger charge is 2.23. The number of nitrogens with zero attached hydrogens (tertiary/aromatic N) is 3. The fraction of sp³-hybridized carbons (Fsp3) is 0.600. The summed E-state index contributed by atoms with van der Waals surface area (Å²) in [4.78, 5) is 22.4. The van der Waals surface area contributed by atoms with Crippen molar-refractivity contribution < 1.29 is 9.53 Å². The van der Waals surface area contributed by atoms with Crippen molar-refractivity contribution in [3.8, 4) is 5.75 Å². The molecule has 2 fully saturated rings. The molecule has 0 unspecified atom stereocenters. The van der Waals surface area contributed by atoms with Crippen molar-refractivity contribution in [2.75, 3.05) is 44.7 Å². The molecule has 4 rings (SSSR count). The van der Waals surface area contributed by atoms with Gasteiger partial charge >= 0.3 is 0 Å². The van der Waals surface area contributed by atoms with E-state index in [-0.39, 0.29) is 5.91 Å². The Kier molecular flexibility index (Phi) is 5.50. The van der Waals surface area contributed by atoms with Gasteiger partial charge in [-0.25, -0.2) is 4.98 Å². The fourth-order valence-corrected chi connectivity index (χ4v) is 5.05. The number of hydrogen-bond donors (Lipinski definition) is 1. The molecular formula is C20H28N4O2S. The second kappa shape index (κ2) is 8.02. The Balaban J connectivity index is 1.57. The molecule has 0 spiro atoms. The van der Waals surface area contributed by atoms with Gasteiger partial charge in [-0.15, -0.1) is 0 Å². The lowest BCUT2D eigenvalue weighted by atomic mass is 10.1. The zero-order valence-electron chi connectivity index (χ0n) is 16.2. The Morgan fingerprint density at radius 3 is 2.67 bits per heavy atom. The van der Waals surface area contributed by atoms with Gasteiger partial charge in [-0.1, -0.05) is 31.1 Å². The summed E-state index contributed by atoms with van der Waals surface area (Å²) in [6.07, 6.45) is 4.55. The van der Waals surface area contributed by atoms with E-state index in [0.717, 1.165) is 60.9 Å². The van der Waals surface area contributed by atoms with Gasteiger partial charge in [-0.05, 0) is 25.5 Å². The summed E-state index contributed by atoms with van der Waals surface area (Å²) in [5.41, 5.74) is 1.52. The molecule has 1 aromatic heterocycles. The van der Waals surface area contributed by atoms with Gasteiger partial charge in [0.05, 0.1) is 22.9 Å². The van der Waals surface area contributed by atoms with E-state index in [2.05, 4.69) is 22.0 Å². The van der Waals surface area contributed by atoms with Crippen LogP contribution in [0.25, 0.3) is 10.2 Å². The van der Waals surface area contributed by atoms with Crippen molar-refractivity contribution in [1.82, 2.24) is 15.2 Å². The number of methoxy groups -OCH3 is 1. The molecule has 2 aliphatic rings. The predicted molar refractivity (Wildman–Crippen MR) is 110 cm³/mol. The number of aromatic nitrogens is 1. The number of piperazine rings is 1. The molecule has 1 aromatic carbocycles. The van der Waals surface area contributed by atoms with Gasteiger partial charge in [0.25, 0.3) is 5.91 Å². The minimum absolute atomic E-state index is 0.0350. The van der Waals surface area contributed by atoms with Crippen LogP contribution in [0, 0.1) is 0 Å². The third kappa shape index (κ3) is 3.89. The zero-order chi connectivity index (χ0) is 18.8. The number of thiazole rings is 1. The minimum atomic E-state index is -0.0350. The van der Waals surface area contributed by atoms with Crippen LogP contribution in [-0.2, 0) is 0 Å². The van der Waals surface area contributed by atoms with E-state index in [1.54, 1.807) is 18.4 Å². The number of likely N-dealkylation sites (N-methyl/N-ethyl adjacent to an activating group) is 1. The minimum Gasteiger partial charge on any atom is -0.496 e. The molecule has 6 nitrogen and oxygen atoms in total. The maximum atomic E-state index is 12.8. The Hall–Kier alpha value is -1.86. The van der Waals surface area contributed by atoms with Crippen molar-refractivity contribution in [1.29, 1.82) is 0 Å². The van der Waals surface area contributed by atoms with Crippen LogP contribution in [0.5, 0.6) is 5.75 Å². The molecule has 7 heteroatoms. The molecule has 2 heterocycles. The zero-order valence-corrected chi connectivity index (χ0v) is 17.0. The topological polar surface area (TPSA) is 57.7 Å². The molecule has 0 bridgehead atoms. The first-order chi connectivity index (χ1) is 13.2. The van der Waals surface area contributed by atoms with E-state index in [1.165, 1.54) is 12.8 Å². The summed E-state index contributed by atoms with van der Waals surface area (Å²) >= 11 is 1.67. The highest BCUT2D eigenvalue weighted by atomic mass is 32.1. The largest absolute Gasteiger partial charge is 0.496 e. The smallest absolute Gasteiger partial charge is 0.255 e. The van der Waals surface area contributed by atoms with Crippen LogP contribution in [0.2, 0.25) is 0 Å². The Morgan fingerprint density at radius 2 is 2.00 bits per heavy atom. The van der Waals surface area contributed by atoms with Crippen molar-refractivity contribution in [2.24, 2.45) is 0 Å². The second-order valence-corrected chi connectivity index (χ2v) is 8.40. The number of carbonyl (C=O) groups excluding carboxylic acids is 1. The average Bonchev–Trinajstić information content (AvgIpc) is 3.36. The number of fused-ring (bicyclic) bond motifs is 1. The molecule has 27 heavy (non-hydrogen) atoms. The maximum absolute atomic E-state index is 12.8. The van der Waals surface area contributed by atoms with Crippen molar-refractivity contribution >= 4 is 32.6 Å². The van der Waals surface area contributed by atoms with Crippen LogP contribution in [-0.4, -0.2) is 61.7 Å². The molecule has 1 amide bonds. The number of ether oxygens (including phenoxy) is 1. The molecule has 146 valence electrons. The predicted octanol–water partition coefficient (Wildman–Crippen LogP) is 3.12. The van der Waals surface area contributed by atoms with Gasteiger partial charge in [0.2, 0.25) is 0 Å². The van der Waals surface area contributed by atoms with Crippen molar-refractivity contribution in [3.05, 3.63) is 17.7 Å². The second-order valence-electron chi connectivity index (χ2n) is 7.39. The van der Waals surface area contributed by atoms with Crippen LogP contribution in [0.4, 0.5) is 5.13 Å². The van der Waals surface area contributed by atoms with Gasteiger partial charge in [0.1, 0.15) is 5.75 Å². The summed E-state index contributed by atoms with van der Waals surface area (Å²) in [5.74, 6) is 0.567. The monoisotopic (exact) mass is 388 g/mol. The number of amides is 1. The maximum Gasteiger partial charge on any atom is 0.255 e. The Labute approximate surface area is 164 Å². The van der Waals surface area contributed by atoms with E-state index in [1.807, 2.05) is 12.1 Å². The Bertz CT molecular complexity index is 808. The first-order valence-corrected chi connectivity index (χ1v) is 10.8. The third-order valence-corrected chi connectivity index (χ3v) is 6.80. The van der Waals surface area contributed by atoms with Crippen molar-refractivity contribution in [2.45, 2.75) is 38.6 Å². The van der Waals surface area contributed by atoms with Crippen LogP contribution in [0.1, 0.15) is 43.0 Å². The summed E-state index contributed by atoms with van der Waals surface area (Å²) in [6.45, 7) is 7.46. The van der Waals surface area contributed by atoms with Crippen LogP contribution >= 0.6 is 11.3 Å². The van der Waals surface area contributed by atoms with Gasteiger partial charge in [-0.3, -0.25) is 4.79 Å². The lowest BCUT2D eigenvalue weighted by Crippen LogP contribution is -2.46. The highest BCUT2D eigenvalue weighted by Crippen LogP contribution is 2.34. The lowest BCUT2D eigenvalue weighted by molar-refractivity contribution is 0.0935. The summed E-state index contributed by atoms with van der Waals surface area (Å²) in [6, 6.07) is 4.15. The molecule has 1 aliphatic carbocycles. The van der Waals surface area contributed by atoms with Crippen molar-refractivity contribution in [3.63, 3.8) is 0 Å². The summed E-state index contributed by atoms with van der Waals surface area (Å²) < 4.78 is 6.55. The van der Waals surface area contributed by atoms with Gasteiger partial charge in [0, 0.05) is 38.3 Å². The molecule has 1 saturated carbocycles. The number of hydrogen-bond acceptors (Lipinski definition) is 6. The number of anilines is 1. The van der Waals surface area contributed by atoms with Gasteiger partial charge < -0.3 is 19.9 Å². The quantitative estimate of drug-likeness (QED) is 0.853. The molecule has 1 aliphatic heterocycles. The van der Waals surface area contributed by atoms with E-state index in [0.29, 0.717) is 17.4 Å². The number of carbonyl (C=O) groups is 1. The lowest BCUT2D eigenvalue weighted by Gasteiger charge is -2.33. The molecule has 1 saturated heterocycles. The number of rotatable bonds is 5. The summed E-state index contributed by atoms with van der Waals surface area (Å²) in [5, 5.41) is 4.20. The standard InChI is InChI=1S/C20H28N4O2S/c1-3-23-8-10-24(11-9-23)20-22-16-13-17(26-2)15(12-18(16)27-20)19(25)21-14-6-4-5-7-14/h12-14H,3-11H2,1-2H3,(H,21,25). The first kappa shape index (κ1) is 18.5. The number of benzene rings is 1. The molecule has 2 aromatic rings. The summed E-state index contributed by atoms with van der Waals surface area (Å²) in [7, 11) is 1.62. The van der Waals surface area contributed by atoms with E-state index in [4.69, 9.17) is 9.72 Å². The molecular weight excluding hydrogens is 360 g/mol. The number of nitrogens with one attached hydrogen (secondary N) is 1. The van der Waals surface area contributed by atoms with Crippen LogP contribution in [0.15, 0.2) is 12.1 Å². The SMILES string of the molecule is CCN1CCN(c2nc3cc(OC)c(C(=O)NC4CCCC4)cc3s2)CC1. The molecule has 0 radical (unpaired) electrons. The van der Waals surface area contributed by atoms with Gasteiger partial charge in [-0.2, -0.15) is 0 Å². The third-order valence-electron chi connectivity index (χ3n) is 5.72. The van der Waals surface area contributed by atoms with Crippen LogP contribution < -0.4 is 15.0 Å². The van der Waals surface area contributed by atoms with Gasteiger partial charge in [0.15, 0.2) is 5.13 Å².